The van der Waals surface area contributed by atoms with Gasteiger partial charge in [-0.2, -0.15) is 5.01 Å². The van der Waals surface area contributed by atoms with Crippen LogP contribution in [0.2, 0.25) is 0 Å². The van der Waals surface area contributed by atoms with Gasteiger partial charge in [0.1, 0.15) is 0 Å². The van der Waals surface area contributed by atoms with Crippen molar-refractivity contribution < 1.29 is 29.0 Å². The van der Waals surface area contributed by atoms with Gasteiger partial charge in [-0.1, -0.05) is 53.3 Å². The molecule has 2 atom stereocenters. The molecular weight excluding hydrogens is 393 g/mol. The molecule has 0 bridgehead atoms. The van der Waals surface area contributed by atoms with Gasteiger partial charge in [-0.3, -0.25) is 4.90 Å². The van der Waals surface area contributed by atoms with Gasteiger partial charge < -0.3 is 24.0 Å². The number of hydrogen-bond donors (Lipinski definition) is 1. The topological polar surface area (TPSA) is 20.0 Å². The molecular formula is C16H18IN3S. The molecule has 0 aliphatic carbocycles. The van der Waals surface area contributed by atoms with Crippen molar-refractivity contribution in [2.75, 3.05) is 11.2 Å². The molecule has 3 rings (SSSR count). The summed E-state index contributed by atoms with van der Waals surface area (Å²) >= 11 is 1.69. The standard InChI is InChI=1S/C16H17N3S.HI/c1-13-18(14-9-5-3-6-10-14)16(20-2)17-19(13)15-11-7-4-8-12-15;/h3-13H,1-2H3;1H. The molecule has 1 aliphatic rings. The van der Waals surface area contributed by atoms with E-state index in [0.29, 0.717) is 0 Å². The maximum absolute atomic E-state index is 4.84. The van der Waals surface area contributed by atoms with Crippen LogP contribution in [0.4, 0.5) is 11.4 Å². The summed E-state index contributed by atoms with van der Waals surface area (Å²) in [5.41, 5.74) is 2.39. The molecule has 2 aromatic rings. The van der Waals surface area contributed by atoms with Crippen LogP contribution in [-0.2, 0) is 0 Å². The molecule has 1 heterocycles. The lowest BCUT2D eigenvalue weighted by molar-refractivity contribution is -0.857. The molecule has 21 heavy (non-hydrogen) atoms. The Labute approximate surface area is 147 Å². The largest absolute Gasteiger partial charge is 1.00 e. The third kappa shape index (κ3) is 3.25. The van der Waals surface area contributed by atoms with E-state index in [1.54, 1.807) is 11.8 Å². The van der Waals surface area contributed by atoms with Crippen molar-refractivity contribution in [1.29, 1.82) is 0 Å². The van der Waals surface area contributed by atoms with Crippen LogP contribution in [0.1, 0.15) is 6.92 Å². The van der Waals surface area contributed by atoms with Gasteiger partial charge in [0.25, 0.3) is 0 Å². The number of para-hydroxylation sites is 2. The third-order valence-electron chi connectivity index (χ3n) is 3.49. The zero-order valence-corrected chi connectivity index (χ0v) is 15.0. The molecule has 0 spiro atoms. The maximum Gasteiger partial charge on any atom is 0.228 e. The molecule has 3 nitrogen and oxygen atoms in total. The number of rotatable bonds is 2. The molecule has 0 radical (unpaired) electrons. The normalized spacial score (nSPS) is 20.9. The average molecular weight is 411 g/mol. The number of halogens is 1. The molecule has 0 fully saturated rings. The first-order valence-corrected chi connectivity index (χ1v) is 7.93. The van der Waals surface area contributed by atoms with E-state index in [2.05, 4.69) is 66.6 Å². The van der Waals surface area contributed by atoms with E-state index in [1.807, 2.05) is 12.1 Å². The van der Waals surface area contributed by atoms with Crippen LogP contribution < -0.4 is 33.9 Å². The molecule has 0 aromatic heterocycles. The molecule has 2 aromatic carbocycles. The van der Waals surface area contributed by atoms with Gasteiger partial charge in [-0.15, -0.1) is 0 Å². The highest BCUT2D eigenvalue weighted by molar-refractivity contribution is 8.13. The van der Waals surface area contributed by atoms with Crippen LogP contribution in [0.15, 0.2) is 65.8 Å². The number of hydrogen-bond acceptors (Lipinski definition) is 3. The summed E-state index contributed by atoms with van der Waals surface area (Å²) in [4.78, 5) is 2.30. The quantitative estimate of drug-likeness (QED) is 0.686. The summed E-state index contributed by atoms with van der Waals surface area (Å²) in [6, 6.07) is 20.9. The summed E-state index contributed by atoms with van der Waals surface area (Å²) in [7, 11) is 0. The van der Waals surface area contributed by atoms with Gasteiger partial charge in [-0.05, 0) is 18.4 Å². The van der Waals surface area contributed by atoms with E-state index >= 15 is 0 Å². The third-order valence-corrected chi connectivity index (χ3v) is 4.14. The first-order valence-electron chi connectivity index (χ1n) is 6.70. The molecule has 0 amide bonds. The van der Waals surface area contributed by atoms with Crippen molar-refractivity contribution in [1.82, 2.24) is 0 Å². The van der Waals surface area contributed by atoms with Crippen LogP contribution >= 0.6 is 11.8 Å². The van der Waals surface area contributed by atoms with Gasteiger partial charge in [0.05, 0.1) is 0 Å². The summed E-state index contributed by atoms with van der Waals surface area (Å²) in [5.74, 6) is 0. The van der Waals surface area contributed by atoms with Gasteiger partial charge in [-0.25, -0.2) is 0 Å². The highest BCUT2D eigenvalue weighted by Gasteiger charge is 2.37. The summed E-state index contributed by atoms with van der Waals surface area (Å²) in [6.45, 7) is 2.21. The Morgan fingerprint density at radius 3 is 2.14 bits per heavy atom. The average Bonchev–Trinajstić information content (AvgIpc) is 2.86. The molecule has 0 saturated heterocycles. The molecule has 110 valence electrons. The van der Waals surface area contributed by atoms with Gasteiger partial charge in [0.15, 0.2) is 11.9 Å². The minimum absolute atomic E-state index is 0. The number of quaternary nitrogens is 1. The Balaban J connectivity index is 0.00000161. The van der Waals surface area contributed by atoms with Gasteiger partial charge >= 0.3 is 0 Å². The number of nitrogens with zero attached hydrogens (tertiary/aromatic N) is 2. The number of thioether (sulfide) groups is 1. The predicted octanol–water partition coefficient (Wildman–Crippen LogP) is -0.293. The Morgan fingerprint density at radius 1 is 1.00 bits per heavy atom. The second kappa shape index (κ2) is 7.29. The maximum atomic E-state index is 4.84. The Hall–Kier alpha value is -1.05. The van der Waals surface area contributed by atoms with Crippen LogP contribution in [0.3, 0.4) is 0 Å². The van der Waals surface area contributed by atoms with Crippen LogP contribution in [0.25, 0.3) is 0 Å². The zero-order chi connectivity index (χ0) is 13.9. The van der Waals surface area contributed by atoms with Crippen molar-refractivity contribution in [3.63, 3.8) is 0 Å². The molecule has 2 unspecified atom stereocenters. The fourth-order valence-electron chi connectivity index (χ4n) is 2.52. The van der Waals surface area contributed by atoms with Crippen LogP contribution in [-0.4, -0.2) is 17.6 Å². The van der Waals surface area contributed by atoms with Crippen molar-refractivity contribution in [2.24, 2.45) is 5.10 Å². The summed E-state index contributed by atoms with van der Waals surface area (Å²) < 4.78 is 0. The SMILES string of the molecule is CSC1=N[NH+](c2ccccc2)C(C)N1c1ccccc1.[I-]. The summed E-state index contributed by atoms with van der Waals surface area (Å²) in [6.07, 6.45) is 2.33. The van der Waals surface area contributed by atoms with Crippen molar-refractivity contribution in [3.05, 3.63) is 60.7 Å². The van der Waals surface area contributed by atoms with E-state index in [1.165, 1.54) is 11.4 Å². The van der Waals surface area contributed by atoms with E-state index < -0.39 is 0 Å². The smallest absolute Gasteiger partial charge is 0.228 e. The highest BCUT2D eigenvalue weighted by atomic mass is 127. The number of benzene rings is 2. The monoisotopic (exact) mass is 411 g/mol. The molecule has 1 N–H and O–H groups in total. The Bertz CT molecular complexity index is 603. The van der Waals surface area contributed by atoms with E-state index in [0.717, 1.165) is 10.2 Å². The number of anilines is 1. The lowest BCUT2D eigenvalue weighted by Crippen LogP contribution is -3.06. The molecule has 1 aliphatic heterocycles. The second-order valence-electron chi connectivity index (χ2n) is 4.73. The Kier molecular flexibility index (Phi) is 5.66. The summed E-state index contributed by atoms with van der Waals surface area (Å²) in [5, 5.41) is 7.03. The van der Waals surface area contributed by atoms with Crippen LogP contribution in [0, 0.1) is 0 Å². The van der Waals surface area contributed by atoms with Crippen molar-refractivity contribution in [2.45, 2.75) is 13.1 Å². The van der Waals surface area contributed by atoms with E-state index in [-0.39, 0.29) is 30.1 Å². The predicted molar refractivity (Wildman–Crippen MR) is 86.4 cm³/mol. The fraction of sp³-hybridized carbons (Fsp3) is 0.188. The van der Waals surface area contributed by atoms with E-state index in [4.69, 9.17) is 5.10 Å². The first-order chi connectivity index (χ1) is 9.81. The fourth-order valence-corrected chi connectivity index (χ4v) is 3.17. The molecule has 5 heteroatoms. The second-order valence-corrected chi connectivity index (χ2v) is 5.50. The van der Waals surface area contributed by atoms with E-state index in [9.17, 15) is 0 Å². The lowest BCUT2D eigenvalue weighted by atomic mass is 10.2. The first kappa shape index (κ1) is 16.3. The van der Waals surface area contributed by atoms with Crippen LogP contribution in [0.5, 0.6) is 0 Å². The minimum atomic E-state index is 0. The van der Waals surface area contributed by atoms with Crippen molar-refractivity contribution >= 4 is 28.3 Å². The minimum Gasteiger partial charge on any atom is -1.00 e. The highest BCUT2D eigenvalue weighted by Crippen LogP contribution is 2.22. The number of nitrogens with one attached hydrogen (secondary N) is 1. The zero-order valence-electron chi connectivity index (χ0n) is 12.0. The van der Waals surface area contributed by atoms with Gasteiger partial charge in [0.2, 0.25) is 5.17 Å². The Morgan fingerprint density at radius 2 is 1.57 bits per heavy atom. The molecule has 0 saturated carbocycles. The van der Waals surface area contributed by atoms with Gasteiger partial charge in [0, 0.05) is 24.7 Å². The number of amidine groups is 1. The van der Waals surface area contributed by atoms with Crippen molar-refractivity contribution in [3.8, 4) is 0 Å². The lowest BCUT2D eigenvalue weighted by Gasteiger charge is -2.23.